The molecule has 0 aliphatic carbocycles. The average Bonchev–Trinajstić information content (AvgIpc) is 3.11. The van der Waals surface area contributed by atoms with Gasteiger partial charge in [-0.05, 0) is 36.6 Å². The zero-order valence-electron chi connectivity index (χ0n) is 17.2. The lowest BCUT2D eigenvalue weighted by molar-refractivity contribution is -0.120. The summed E-state index contributed by atoms with van der Waals surface area (Å²) in [5, 5.41) is 6.10. The summed E-state index contributed by atoms with van der Waals surface area (Å²) in [5.41, 5.74) is 3.43. The van der Waals surface area contributed by atoms with E-state index in [2.05, 4.69) is 15.6 Å². The Hall–Kier alpha value is -3.06. The van der Waals surface area contributed by atoms with E-state index in [1.807, 2.05) is 37.3 Å². The number of amides is 2. The molecule has 0 saturated heterocycles. The molecule has 0 fully saturated rings. The molecule has 30 heavy (non-hydrogen) atoms. The Labute approximate surface area is 179 Å². The molecule has 5 nitrogen and oxygen atoms in total. The van der Waals surface area contributed by atoms with Crippen molar-refractivity contribution in [2.24, 2.45) is 0 Å². The molecule has 0 bridgehead atoms. The molecule has 1 unspecified atom stereocenters. The van der Waals surface area contributed by atoms with E-state index in [1.54, 1.807) is 19.2 Å². The fraction of sp³-hybridized carbons (Fsp3) is 0.261. The van der Waals surface area contributed by atoms with Crippen molar-refractivity contribution in [1.82, 2.24) is 10.3 Å². The van der Waals surface area contributed by atoms with Gasteiger partial charge in [-0.25, -0.2) is 9.37 Å². The van der Waals surface area contributed by atoms with Crippen LogP contribution >= 0.6 is 11.3 Å². The van der Waals surface area contributed by atoms with Gasteiger partial charge in [0.05, 0.1) is 12.5 Å². The molecule has 7 heteroatoms. The van der Waals surface area contributed by atoms with Crippen LogP contribution in [0.15, 0.2) is 48.7 Å². The van der Waals surface area contributed by atoms with Gasteiger partial charge in [0.2, 0.25) is 11.8 Å². The first-order chi connectivity index (χ1) is 14.3. The van der Waals surface area contributed by atoms with Crippen molar-refractivity contribution in [3.63, 3.8) is 0 Å². The van der Waals surface area contributed by atoms with Crippen LogP contribution in [-0.4, -0.2) is 16.8 Å². The van der Waals surface area contributed by atoms with Crippen LogP contribution in [0.4, 0.5) is 9.52 Å². The topological polar surface area (TPSA) is 71.1 Å². The number of thiazole rings is 1. The fourth-order valence-corrected chi connectivity index (χ4v) is 3.91. The Morgan fingerprint density at radius 3 is 2.53 bits per heavy atom. The molecule has 2 aromatic carbocycles. The number of nitrogens with zero attached hydrogens (tertiary/aromatic N) is 1. The van der Waals surface area contributed by atoms with Crippen LogP contribution in [0, 0.1) is 19.7 Å². The van der Waals surface area contributed by atoms with Crippen LogP contribution in [0.3, 0.4) is 0 Å². The van der Waals surface area contributed by atoms with Gasteiger partial charge in [-0.2, -0.15) is 0 Å². The molecule has 0 aliphatic heterocycles. The number of carbonyl (C=O) groups is 2. The third kappa shape index (κ3) is 5.97. The molecule has 3 rings (SSSR count). The number of rotatable bonds is 7. The van der Waals surface area contributed by atoms with E-state index >= 15 is 0 Å². The summed E-state index contributed by atoms with van der Waals surface area (Å²) in [6.45, 7) is 5.14. The van der Waals surface area contributed by atoms with Crippen molar-refractivity contribution in [3.05, 3.63) is 81.6 Å². The van der Waals surface area contributed by atoms with Crippen molar-refractivity contribution in [3.8, 4) is 0 Å². The molecular formula is C23H24FN3O2S. The van der Waals surface area contributed by atoms with Crippen molar-refractivity contribution < 1.29 is 14.0 Å². The number of aromatic nitrogens is 1. The first kappa shape index (κ1) is 21.6. The molecule has 0 saturated carbocycles. The first-order valence-corrected chi connectivity index (χ1v) is 10.4. The van der Waals surface area contributed by atoms with Crippen LogP contribution in [0.5, 0.6) is 0 Å². The lowest BCUT2D eigenvalue weighted by Crippen LogP contribution is -2.29. The minimum absolute atomic E-state index is 0.0979. The summed E-state index contributed by atoms with van der Waals surface area (Å²) < 4.78 is 13.7. The molecule has 156 valence electrons. The third-order valence-electron chi connectivity index (χ3n) is 4.66. The number of halogens is 1. The second-order valence-corrected chi connectivity index (χ2v) is 8.42. The van der Waals surface area contributed by atoms with E-state index in [4.69, 9.17) is 0 Å². The van der Waals surface area contributed by atoms with E-state index in [0.29, 0.717) is 17.1 Å². The maximum absolute atomic E-state index is 13.7. The van der Waals surface area contributed by atoms with Gasteiger partial charge in [0, 0.05) is 24.4 Å². The summed E-state index contributed by atoms with van der Waals surface area (Å²) in [7, 11) is 0. The summed E-state index contributed by atoms with van der Waals surface area (Å²) >= 11 is 1.35. The Kier molecular flexibility index (Phi) is 6.95. The summed E-state index contributed by atoms with van der Waals surface area (Å²) in [5.74, 6) is -0.669. The highest BCUT2D eigenvalue weighted by atomic mass is 32.1. The number of anilines is 1. The molecule has 0 spiro atoms. The summed E-state index contributed by atoms with van der Waals surface area (Å²) in [6, 6.07) is 12.5. The lowest BCUT2D eigenvalue weighted by atomic mass is 10.0. The highest BCUT2D eigenvalue weighted by Gasteiger charge is 2.18. The van der Waals surface area contributed by atoms with Crippen molar-refractivity contribution in [2.45, 2.75) is 39.7 Å². The van der Waals surface area contributed by atoms with Crippen LogP contribution in [0.1, 0.15) is 46.5 Å². The van der Waals surface area contributed by atoms with Crippen molar-refractivity contribution >= 4 is 28.3 Å². The van der Waals surface area contributed by atoms with Crippen LogP contribution in [0.25, 0.3) is 0 Å². The highest BCUT2D eigenvalue weighted by molar-refractivity contribution is 7.15. The molecule has 1 atom stereocenters. The van der Waals surface area contributed by atoms with E-state index in [9.17, 15) is 14.0 Å². The predicted molar refractivity (Wildman–Crippen MR) is 117 cm³/mol. The van der Waals surface area contributed by atoms with Gasteiger partial charge >= 0.3 is 0 Å². The van der Waals surface area contributed by atoms with Gasteiger partial charge in [-0.1, -0.05) is 42.0 Å². The number of aryl methyl sites for hydroxylation is 2. The SMILES string of the molecule is CC(=O)NC(CC(=O)Nc1ncc(Cc2ccc(C)c(F)c2)s1)c1ccc(C)cc1. The first-order valence-electron chi connectivity index (χ1n) is 9.63. The Balaban J connectivity index is 1.63. The number of carbonyl (C=O) groups excluding carboxylic acids is 2. The number of hydrogen-bond donors (Lipinski definition) is 2. The number of nitrogens with one attached hydrogen (secondary N) is 2. The third-order valence-corrected chi connectivity index (χ3v) is 5.57. The Morgan fingerprint density at radius 2 is 1.87 bits per heavy atom. The van der Waals surface area contributed by atoms with E-state index < -0.39 is 6.04 Å². The minimum atomic E-state index is -0.418. The number of hydrogen-bond acceptors (Lipinski definition) is 4. The van der Waals surface area contributed by atoms with Gasteiger partial charge in [-0.3, -0.25) is 9.59 Å². The second-order valence-electron chi connectivity index (χ2n) is 7.31. The van der Waals surface area contributed by atoms with Gasteiger partial charge in [0.25, 0.3) is 0 Å². The molecule has 3 aromatic rings. The number of benzene rings is 2. The monoisotopic (exact) mass is 425 g/mol. The zero-order valence-corrected chi connectivity index (χ0v) is 18.0. The predicted octanol–water partition coefficient (Wildman–Crippen LogP) is 4.70. The fourth-order valence-electron chi connectivity index (χ4n) is 3.05. The molecule has 1 aromatic heterocycles. The van der Waals surface area contributed by atoms with E-state index in [1.165, 1.54) is 24.3 Å². The van der Waals surface area contributed by atoms with E-state index in [-0.39, 0.29) is 24.1 Å². The normalized spacial score (nSPS) is 11.7. The van der Waals surface area contributed by atoms with Crippen LogP contribution in [0.2, 0.25) is 0 Å². The summed E-state index contributed by atoms with van der Waals surface area (Å²) in [4.78, 5) is 29.3. The molecule has 1 heterocycles. The molecule has 0 aliphatic rings. The Morgan fingerprint density at radius 1 is 1.13 bits per heavy atom. The van der Waals surface area contributed by atoms with Gasteiger partial charge in [-0.15, -0.1) is 11.3 Å². The zero-order chi connectivity index (χ0) is 21.7. The van der Waals surface area contributed by atoms with Crippen molar-refractivity contribution in [1.29, 1.82) is 0 Å². The van der Waals surface area contributed by atoms with Crippen LogP contribution in [-0.2, 0) is 16.0 Å². The highest BCUT2D eigenvalue weighted by Crippen LogP contribution is 2.24. The average molecular weight is 426 g/mol. The smallest absolute Gasteiger partial charge is 0.228 e. The summed E-state index contributed by atoms with van der Waals surface area (Å²) in [6.07, 6.45) is 2.33. The minimum Gasteiger partial charge on any atom is -0.349 e. The van der Waals surface area contributed by atoms with Gasteiger partial charge in [0.15, 0.2) is 5.13 Å². The van der Waals surface area contributed by atoms with Gasteiger partial charge < -0.3 is 10.6 Å². The maximum Gasteiger partial charge on any atom is 0.228 e. The molecule has 2 amide bonds. The molecular weight excluding hydrogens is 401 g/mol. The van der Waals surface area contributed by atoms with Gasteiger partial charge in [0.1, 0.15) is 5.82 Å². The van der Waals surface area contributed by atoms with E-state index in [0.717, 1.165) is 21.6 Å². The molecule has 2 N–H and O–H groups in total. The molecule has 0 radical (unpaired) electrons. The standard InChI is InChI=1S/C23H24FN3O2S/c1-14-4-8-18(9-5-14)21(26-16(3)28)12-22(29)27-23-25-13-19(30-23)10-17-7-6-15(2)20(24)11-17/h4-9,11,13,21H,10,12H2,1-3H3,(H,26,28)(H,25,27,29). The van der Waals surface area contributed by atoms with Crippen molar-refractivity contribution in [2.75, 3.05) is 5.32 Å². The largest absolute Gasteiger partial charge is 0.349 e. The second kappa shape index (κ2) is 9.63. The lowest BCUT2D eigenvalue weighted by Gasteiger charge is -2.18. The maximum atomic E-state index is 13.7. The Bertz CT molecular complexity index is 1050. The quantitative estimate of drug-likeness (QED) is 0.577. The van der Waals surface area contributed by atoms with Crippen LogP contribution < -0.4 is 10.6 Å².